The first-order valence-corrected chi connectivity index (χ1v) is 7.73. The summed E-state index contributed by atoms with van der Waals surface area (Å²) in [6.07, 6.45) is 2.03. The number of carbonyl (C=O) groups excluding carboxylic acids is 1. The molecule has 1 aliphatic rings. The second-order valence-corrected chi connectivity index (χ2v) is 6.05. The van der Waals surface area contributed by atoms with Gasteiger partial charge in [-0.2, -0.15) is 0 Å². The van der Waals surface area contributed by atoms with Crippen LogP contribution < -0.4 is 14.2 Å². The van der Waals surface area contributed by atoms with Crippen LogP contribution in [0.25, 0.3) is 0 Å². The van der Waals surface area contributed by atoms with Crippen LogP contribution in [0, 0.1) is 0 Å². The van der Waals surface area contributed by atoms with Gasteiger partial charge in [-0.1, -0.05) is 0 Å². The fourth-order valence-electron chi connectivity index (χ4n) is 2.83. The molecule has 0 saturated carbocycles. The van der Waals surface area contributed by atoms with Crippen molar-refractivity contribution in [3.63, 3.8) is 0 Å². The topological polar surface area (TPSA) is 68.2 Å². The molecule has 0 unspecified atom stereocenters. The molecule has 0 bridgehead atoms. The van der Waals surface area contributed by atoms with Gasteiger partial charge in [-0.15, -0.1) is 0 Å². The Hall–Kier alpha value is -1.95. The molecule has 1 N–H and O–H groups in total. The van der Waals surface area contributed by atoms with Crippen molar-refractivity contribution in [2.24, 2.45) is 0 Å². The quantitative estimate of drug-likeness (QED) is 0.919. The Bertz CT molecular complexity index is 570. The largest absolute Gasteiger partial charge is 0.496 e. The fourth-order valence-corrected chi connectivity index (χ4v) is 2.83. The fraction of sp³-hybridized carbons (Fsp3) is 0.588. The van der Waals surface area contributed by atoms with E-state index in [-0.39, 0.29) is 5.91 Å². The van der Waals surface area contributed by atoms with Crippen LogP contribution in [0.3, 0.4) is 0 Å². The molecule has 1 heterocycles. The van der Waals surface area contributed by atoms with Crippen molar-refractivity contribution in [2.45, 2.75) is 31.8 Å². The Kier molecular flexibility index (Phi) is 5.36. The number of hydrogen-bond donors (Lipinski definition) is 1. The predicted octanol–water partition coefficient (Wildman–Crippen LogP) is 2.09. The highest BCUT2D eigenvalue weighted by Gasteiger charge is 2.29. The number of methoxy groups -OCH3 is 3. The molecule has 6 heteroatoms. The van der Waals surface area contributed by atoms with Gasteiger partial charge >= 0.3 is 0 Å². The molecule has 0 aliphatic carbocycles. The SMILES string of the molecule is COc1cc(OC)c(C(=O)N2CCC[C@](C)(O)CC2)cc1OC. The molecule has 1 amide bonds. The molecule has 1 aliphatic heterocycles. The van der Waals surface area contributed by atoms with Crippen molar-refractivity contribution >= 4 is 5.91 Å². The summed E-state index contributed by atoms with van der Waals surface area (Å²) in [7, 11) is 4.59. The smallest absolute Gasteiger partial charge is 0.257 e. The van der Waals surface area contributed by atoms with Crippen molar-refractivity contribution in [1.82, 2.24) is 4.90 Å². The molecule has 128 valence electrons. The number of rotatable bonds is 4. The Morgan fingerprint density at radius 3 is 2.26 bits per heavy atom. The van der Waals surface area contributed by atoms with Crippen molar-refractivity contribution in [2.75, 3.05) is 34.4 Å². The highest BCUT2D eigenvalue weighted by molar-refractivity contribution is 5.97. The Labute approximate surface area is 136 Å². The third-order valence-corrected chi connectivity index (χ3v) is 4.29. The molecule has 1 fully saturated rings. The van der Waals surface area contributed by atoms with E-state index in [0.29, 0.717) is 48.7 Å². The minimum Gasteiger partial charge on any atom is -0.496 e. The van der Waals surface area contributed by atoms with Crippen molar-refractivity contribution in [3.8, 4) is 17.2 Å². The highest BCUT2D eigenvalue weighted by atomic mass is 16.5. The molecule has 6 nitrogen and oxygen atoms in total. The number of aliphatic hydroxyl groups is 1. The van der Waals surface area contributed by atoms with E-state index in [1.54, 1.807) is 17.0 Å². The zero-order valence-electron chi connectivity index (χ0n) is 14.2. The lowest BCUT2D eigenvalue weighted by atomic mass is 9.98. The summed E-state index contributed by atoms with van der Waals surface area (Å²) in [5.41, 5.74) is -0.275. The van der Waals surface area contributed by atoms with Gasteiger partial charge in [-0.25, -0.2) is 0 Å². The van der Waals surface area contributed by atoms with Crippen LogP contribution in [0.4, 0.5) is 0 Å². The average molecular weight is 323 g/mol. The number of nitrogens with zero attached hydrogens (tertiary/aromatic N) is 1. The van der Waals surface area contributed by atoms with Gasteiger partial charge < -0.3 is 24.2 Å². The zero-order chi connectivity index (χ0) is 17.0. The first-order valence-electron chi connectivity index (χ1n) is 7.73. The maximum absolute atomic E-state index is 12.9. The molecular formula is C17H25NO5. The van der Waals surface area contributed by atoms with Crippen molar-refractivity contribution in [1.29, 1.82) is 0 Å². The van der Waals surface area contributed by atoms with E-state index in [1.807, 2.05) is 6.92 Å². The summed E-state index contributed by atoms with van der Waals surface area (Å²) in [6.45, 7) is 2.95. The maximum atomic E-state index is 12.9. The molecular weight excluding hydrogens is 298 g/mol. The molecule has 1 aromatic rings. The van der Waals surface area contributed by atoms with Gasteiger partial charge in [0.15, 0.2) is 11.5 Å². The summed E-state index contributed by atoms with van der Waals surface area (Å²) in [6, 6.07) is 3.29. The van der Waals surface area contributed by atoms with Gasteiger partial charge in [0.1, 0.15) is 5.75 Å². The lowest BCUT2D eigenvalue weighted by Crippen LogP contribution is -2.33. The Morgan fingerprint density at radius 2 is 1.65 bits per heavy atom. The monoisotopic (exact) mass is 323 g/mol. The number of amides is 1. The number of benzene rings is 1. The lowest BCUT2D eigenvalue weighted by molar-refractivity contribution is 0.0437. The molecule has 0 radical (unpaired) electrons. The molecule has 1 atom stereocenters. The van der Waals surface area contributed by atoms with E-state index in [1.165, 1.54) is 21.3 Å². The predicted molar refractivity (Wildman–Crippen MR) is 86.5 cm³/mol. The third kappa shape index (κ3) is 3.88. The number of likely N-dealkylation sites (tertiary alicyclic amines) is 1. The second-order valence-electron chi connectivity index (χ2n) is 6.05. The van der Waals surface area contributed by atoms with Gasteiger partial charge in [-0.3, -0.25) is 4.79 Å². The Morgan fingerprint density at radius 1 is 1.04 bits per heavy atom. The minimum absolute atomic E-state index is 0.125. The summed E-state index contributed by atoms with van der Waals surface area (Å²) in [4.78, 5) is 14.6. The normalized spacial score (nSPS) is 21.5. The van der Waals surface area contributed by atoms with Gasteiger partial charge in [0.05, 0.1) is 32.5 Å². The maximum Gasteiger partial charge on any atom is 0.257 e. The average Bonchev–Trinajstić information content (AvgIpc) is 2.73. The molecule has 1 saturated heterocycles. The molecule has 0 aromatic heterocycles. The van der Waals surface area contributed by atoms with Crippen LogP contribution in [-0.2, 0) is 0 Å². The van der Waals surface area contributed by atoms with Gasteiger partial charge in [0, 0.05) is 25.2 Å². The second kappa shape index (κ2) is 7.08. The summed E-state index contributed by atoms with van der Waals surface area (Å²) in [5, 5.41) is 10.2. The lowest BCUT2D eigenvalue weighted by Gasteiger charge is -2.23. The standard InChI is InChI=1S/C17H25NO5/c1-17(20)6-5-8-18(9-7-17)16(19)12-10-14(22-3)15(23-4)11-13(12)21-2/h10-11,20H,5-9H2,1-4H3/t17-/m0/s1. The first kappa shape index (κ1) is 17.4. The van der Waals surface area contributed by atoms with Gasteiger partial charge in [-0.05, 0) is 26.2 Å². The van der Waals surface area contributed by atoms with E-state index < -0.39 is 5.60 Å². The van der Waals surface area contributed by atoms with E-state index in [2.05, 4.69) is 0 Å². The van der Waals surface area contributed by atoms with Crippen LogP contribution >= 0.6 is 0 Å². The molecule has 2 rings (SSSR count). The van der Waals surface area contributed by atoms with Crippen LogP contribution in [0.1, 0.15) is 36.5 Å². The van der Waals surface area contributed by atoms with Crippen LogP contribution in [-0.4, -0.2) is 55.9 Å². The minimum atomic E-state index is -0.712. The van der Waals surface area contributed by atoms with Crippen LogP contribution in [0.5, 0.6) is 17.2 Å². The number of hydrogen-bond acceptors (Lipinski definition) is 5. The number of carbonyl (C=O) groups is 1. The van der Waals surface area contributed by atoms with E-state index in [0.717, 1.165) is 6.42 Å². The van der Waals surface area contributed by atoms with Gasteiger partial charge in [0.25, 0.3) is 5.91 Å². The summed E-state index contributed by atoms with van der Waals surface area (Å²) >= 11 is 0. The molecule has 23 heavy (non-hydrogen) atoms. The van der Waals surface area contributed by atoms with E-state index >= 15 is 0 Å². The molecule has 0 spiro atoms. The van der Waals surface area contributed by atoms with E-state index in [9.17, 15) is 9.90 Å². The summed E-state index contributed by atoms with van der Waals surface area (Å²) in [5.74, 6) is 1.32. The third-order valence-electron chi connectivity index (χ3n) is 4.29. The molecule has 1 aromatic carbocycles. The van der Waals surface area contributed by atoms with E-state index in [4.69, 9.17) is 14.2 Å². The Balaban J connectivity index is 2.31. The van der Waals surface area contributed by atoms with Crippen LogP contribution in [0.2, 0.25) is 0 Å². The number of ether oxygens (including phenoxy) is 3. The van der Waals surface area contributed by atoms with Crippen molar-refractivity contribution in [3.05, 3.63) is 17.7 Å². The van der Waals surface area contributed by atoms with Crippen molar-refractivity contribution < 1.29 is 24.1 Å². The van der Waals surface area contributed by atoms with Gasteiger partial charge in [0.2, 0.25) is 0 Å². The first-order chi connectivity index (χ1) is 10.9. The summed E-state index contributed by atoms with van der Waals surface area (Å²) < 4.78 is 15.9. The highest BCUT2D eigenvalue weighted by Crippen LogP contribution is 2.35. The van der Waals surface area contributed by atoms with Crippen LogP contribution in [0.15, 0.2) is 12.1 Å². The zero-order valence-corrected chi connectivity index (χ0v) is 14.2.